The van der Waals surface area contributed by atoms with Crippen LogP contribution in [-0.4, -0.2) is 46.7 Å². The zero-order valence-electron chi connectivity index (χ0n) is 15.1. The molecule has 26 heavy (non-hydrogen) atoms. The number of hydrogen-bond acceptors (Lipinski definition) is 6. The Morgan fingerprint density at radius 1 is 1.23 bits per heavy atom. The number of nitrogens with zero attached hydrogens (tertiary/aromatic N) is 2. The fourth-order valence-electron chi connectivity index (χ4n) is 2.08. The Bertz CT molecular complexity index is 741. The zero-order valence-corrected chi connectivity index (χ0v) is 15.1. The van der Waals surface area contributed by atoms with Gasteiger partial charge in [0.15, 0.2) is 5.82 Å². The largest absolute Gasteiger partial charge is 0.497 e. The Hall–Kier alpha value is -2.94. The maximum atomic E-state index is 11.8. The fraction of sp³-hybridized carbons (Fsp3) is 0.412. The average Bonchev–Trinajstić information content (AvgIpc) is 3.12. The number of carbonyl (C=O) groups excluding carboxylic acids is 2. The summed E-state index contributed by atoms with van der Waals surface area (Å²) in [5.41, 5.74) is 6.54. The third kappa shape index (κ3) is 5.28. The number of ether oxygens (including phenoxy) is 1. The quantitative estimate of drug-likeness (QED) is 0.531. The lowest BCUT2D eigenvalue weighted by molar-refractivity contribution is -0.127. The van der Waals surface area contributed by atoms with Crippen molar-refractivity contribution < 1.29 is 14.3 Å². The first-order valence-corrected chi connectivity index (χ1v) is 8.26. The lowest BCUT2D eigenvalue weighted by atomic mass is 10.1. The number of nitrogens with two attached hydrogens (primary N) is 1. The van der Waals surface area contributed by atoms with Crippen LogP contribution in [0.3, 0.4) is 0 Å². The molecule has 0 unspecified atom stereocenters. The van der Waals surface area contributed by atoms with Crippen LogP contribution in [0, 0.1) is 5.92 Å². The SMILES string of the molecule is COc1ccc(-c2n[nH]c(CNC(=O)CNC(=O)[C@@H](N)C(C)C)n2)cc1. The van der Waals surface area contributed by atoms with Gasteiger partial charge < -0.3 is 21.1 Å². The van der Waals surface area contributed by atoms with Crippen LogP contribution in [0.1, 0.15) is 19.7 Å². The fourth-order valence-corrected chi connectivity index (χ4v) is 2.08. The second-order valence-corrected chi connectivity index (χ2v) is 6.10. The molecule has 1 heterocycles. The van der Waals surface area contributed by atoms with Crippen LogP contribution in [-0.2, 0) is 16.1 Å². The van der Waals surface area contributed by atoms with Crippen LogP contribution >= 0.6 is 0 Å². The number of H-pyrrole nitrogens is 1. The molecule has 140 valence electrons. The van der Waals surface area contributed by atoms with Gasteiger partial charge in [0, 0.05) is 5.56 Å². The van der Waals surface area contributed by atoms with Crippen LogP contribution in [0.2, 0.25) is 0 Å². The molecule has 5 N–H and O–H groups in total. The van der Waals surface area contributed by atoms with Crippen molar-refractivity contribution in [3.8, 4) is 17.1 Å². The number of hydrogen-bond donors (Lipinski definition) is 4. The van der Waals surface area contributed by atoms with Gasteiger partial charge in [-0.1, -0.05) is 13.8 Å². The summed E-state index contributed by atoms with van der Waals surface area (Å²) in [6, 6.07) is 6.69. The summed E-state index contributed by atoms with van der Waals surface area (Å²) < 4.78 is 5.11. The smallest absolute Gasteiger partial charge is 0.239 e. The van der Waals surface area contributed by atoms with Crippen molar-refractivity contribution in [1.29, 1.82) is 0 Å². The molecular formula is C17H24N6O3. The van der Waals surface area contributed by atoms with Gasteiger partial charge in [-0.05, 0) is 30.2 Å². The Balaban J connectivity index is 1.81. The highest BCUT2D eigenvalue weighted by molar-refractivity contribution is 5.87. The molecule has 0 spiro atoms. The van der Waals surface area contributed by atoms with E-state index in [0.29, 0.717) is 11.6 Å². The summed E-state index contributed by atoms with van der Waals surface area (Å²) >= 11 is 0. The van der Waals surface area contributed by atoms with E-state index in [9.17, 15) is 9.59 Å². The van der Waals surface area contributed by atoms with Gasteiger partial charge in [-0.3, -0.25) is 14.7 Å². The molecule has 0 saturated carbocycles. The zero-order chi connectivity index (χ0) is 19.1. The molecule has 0 radical (unpaired) electrons. The number of aromatic nitrogens is 3. The molecule has 2 aromatic rings. The van der Waals surface area contributed by atoms with Crippen LogP contribution in [0.4, 0.5) is 0 Å². The number of aromatic amines is 1. The van der Waals surface area contributed by atoms with Gasteiger partial charge in [0.1, 0.15) is 11.6 Å². The van der Waals surface area contributed by atoms with E-state index in [1.165, 1.54) is 0 Å². The summed E-state index contributed by atoms with van der Waals surface area (Å²) in [5, 5.41) is 12.1. The van der Waals surface area contributed by atoms with Crippen molar-refractivity contribution in [3.05, 3.63) is 30.1 Å². The third-order valence-electron chi connectivity index (χ3n) is 3.78. The second-order valence-electron chi connectivity index (χ2n) is 6.10. The summed E-state index contributed by atoms with van der Waals surface area (Å²) in [4.78, 5) is 27.9. The molecule has 1 atom stereocenters. The lowest BCUT2D eigenvalue weighted by Gasteiger charge is -2.14. The van der Waals surface area contributed by atoms with Crippen molar-refractivity contribution in [2.24, 2.45) is 11.7 Å². The average molecular weight is 360 g/mol. The highest BCUT2D eigenvalue weighted by Crippen LogP contribution is 2.18. The van der Waals surface area contributed by atoms with Crippen molar-refractivity contribution in [3.63, 3.8) is 0 Å². The maximum absolute atomic E-state index is 11.8. The molecule has 0 bridgehead atoms. The highest BCUT2D eigenvalue weighted by atomic mass is 16.5. The Morgan fingerprint density at radius 2 is 1.92 bits per heavy atom. The van der Waals surface area contributed by atoms with Gasteiger partial charge in [-0.2, -0.15) is 5.10 Å². The molecule has 0 aliphatic heterocycles. The first-order valence-electron chi connectivity index (χ1n) is 8.26. The number of nitrogens with one attached hydrogen (secondary N) is 3. The van der Waals surface area contributed by atoms with Gasteiger partial charge in [0.25, 0.3) is 0 Å². The third-order valence-corrected chi connectivity index (χ3v) is 3.78. The molecule has 1 aromatic carbocycles. The predicted octanol–water partition coefficient (Wildman–Crippen LogP) is 0.196. The maximum Gasteiger partial charge on any atom is 0.239 e. The van der Waals surface area contributed by atoms with Gasteiger partial charge >= 0.3 is 0 Å². The molecule has 0 fully saturated rings. The van der Waals surface area contributed by atoms with E-state index in [1.54, 1.807) is 7.11 Å². The van der Waals surface area contributed by atoms with E-state index >= 15 is 0 Å². The van der Waals surface area contributed by atoms with Gasteiger partial charge in [-0.25, -0.2) is 4.98 Å². The van der Waals surface area contributed by atoms with Crippen molar-refractivity contribution in [1.82, 2.24) is 25.8 Å². The topological polar surface area (TPSA) is 135 Å². The predicted molar refractivity (Wildman–Crippen MR) is 96.0 cm³/mol. The van der Waals surface area contributed by atoms with Gasteiger partial charge in [-0.15, -0.1) is 0 Å². The minimum Gasteiger partial charge on any atom is -0.497 e. The van der Waals surface area contributed by atoms with Gasteiger partial charge in [0.05, 0.1) is 26.2 Å². The number of amides is 2. The van der Waals surface area contributed by atoms with Crippen LogP contribution in [0.15, 0.2) is 24.3 Å². The minimum atomic E-state index is -0.635. The molecule has 2 amide bonds. The Labute approximate surface area is 151 Å². The first kappa shape index (κ1) is 19.4. The van der Waals surface area contributed by atoms with Crippen molar-refractivity contribution in [2.45, 2.75) is 26.4 Å². The first-order chi connectivity index (χ1) is 12.4. The van der Waals surface area contributed by atoms with Crippen LogP contribution < -0.4 is 21.1 Å². The van der Waals surface area contributed by atoms with Crippen LogP contribution in [0.5, 0.6) is 5.75 Å². The van der Waals surface area contributed by atoms with Crippen molar-refractivity contribution in [2.75, 3.05) is 13.7 Å². The van der Waals surface area contributed by atoms with E-state index in [1.807, 2.05) is 38.1 Å². The van der Waals surface area contributed by atoms with E-state index in [4.69, 9.17) is 10.5 Å². The molecule has 9 heteroatoms. The Morgan fingerprint density at radius 3 is 2.54 bits per heavy atom. The molecule has 0 aliphatic rings. The van der Waals surface area contributed by atoms with E-state index < -0.39 is 6.04 Å². The molecule has 9 nitrogen and oxygen atoms in total. The summed E-state index contributed by atoms with van der Waals surface area (Å²) in [6.45, 7) is 3.72. The van der Waals surface area contributed by atoms with E-state index in [-0.39, 0.29) is 30.8 Å². The summed E-state index contributed by atoms with van der Waals surface area (Å²) in [6.07, 6.45) is 0. The van der Waals surface area contributed by atoms with Crippen molar-refractivity contribution >= 4 is 11.8 Å². The standard InChI is InChI=1S/C17H24N6O3/c1-10(2)15(18)17(25)20-9-14(24)19-8-13-21-16(23-22-13)11-4-6-12(26-3)7-5-11/h4-7,10,15H,8-9,18H2,1-3H3,(H,19,24)(H,20,25)(H,21,22,23)/t15-/m0/s1. The van der Waals surface area contributed by atoms with Crippen LogP contribution in [0.25, 0.3) is 11.4 Å². The molecular weight excluding hydrogens is 336 g/mol. The summed E-state index contributed by atoms with van der Waals surface area (Å²) in [7, 11) is 1.60. The summed E-state index contributed by atoms with van der Waals surface area (Å²) in [5.74, 6) is 1.09. The molecule has 0 saturated heterocycles. The normalized spacial score (nSPS) is 11.9. The Kier molecular flexibility index (Phi) is 6.67. The molecule has 1 aromatic heterocycles. The van der Waals surface area contributed by atoms with Gasteiger partial charge in [0.2, 0.25) is 11.8 Å². The number of benzene rings is 1. The lowest BCUT2D eigenvalue weighted by Crippen LogP contribution is -2.47. The highest BCUT2D eigenvalue weighted by Gasteiger charge is 2.17. The number of carbonyl (C=O) groups is 2. The van der Waals surface area contributed by atoms with E-state index in [0.717, 1.165) is 11.3 Å². The number of methoxy groups -OCH3 is 1. The molecule has 2 rings (SSSR count). The minimum absolute atomic E-state index is 0.00336. The van der Waals surface area contributed by atoms with E-state index in [2.05, 4.69) is 25.8 Å². The number of rotatable bonds is 8. The monoisotopic (exact) mass is 360 g/mol. The molecule has 0 aliphatic carbocycles. The second kappa shape index (κ2) is 8.95.